The summed E-state index contributed by atoms with van der Waals surface area (Å²) in [7, 11) is 1.96. The van der Waals surface area contributed by atoms with Crippen LogP contribution in [-0.4, -0.2) is 53.1 Å². The normalized spacial score (nSPS) is 18.6. The first-order chi connectivity index (χ1) is 14.2. The molecule has 2 aliphatic heterocycles. The summed E-state index contributed by atoms with van der Waals surface area (Å²) < 4.78 is 13.3. The predicted octanol–water partition coefficient (Wildman–Crippen LogP) is 1.52. The maximum atomic E-state index is 5.72. The summed E-state index contributed by atoms with van der Waals surface area (Å²) >= 11 is 0. The van der Waals surface area contributed by atoms with Crippen LogP contribution in [0.2, 0.25) is 0 Å². The smallest absolute Gasteiger partial charge is 0.191 e. The number of nitrogens with one attached hydrogen (secondary N) is 2. The van der Waals surface area contributed by atoms with Gasteiger partial charge in [-0.15, -0.1) is 10.2 Å². The summed E-state index contributed by atoms with van der Waals surface area (Å²) in [6.45, 7) is 5.63. The molecular formula is C21H30N6O2. The predicted molar refractivity (Wildman–Crippen MR) is 111 cm³/mol. The molecule has 8 nitrogen and oxygen atoms in total. The van der Waals surface area contributed by atoms with E-state index >= 15 is 0 Å². The van der Waals surface area contributed by atoms with Gasteiger partial charge in [0.05, 0.1) is 12.7 Å². The number of hydrogen-bond donors (Lipinski definition) is 2. The Balaban J connectivity index is 1.34. The zero-order chi connectivity index (χ0) is 20.1. The van der Waals surface area contributed by atoms with Gasteiger partial charge in [-0.1, -0.05) is 12.1 Å². The Bertz CT molecular complexity index is 857. The minimum Gasteiger partial charge on any atom is -0.493 e. The average molecular weight is 399 g/mol. The van der Waals surface area contributed by atoms with Crippen LogP contribution in [0.15, 0.2) is 23.2 Å². The van der Waals surface area contributed by atoms with E-state index in [9.17, 15) is 0 Å². The number of nitrogens with zero attached hydrogens (tertiary/aromatic N) is 4. The zero-order valence-electron chi connectivity index (χ0n) is 17.3. The Kier molecular flexibility index (Phi) is 6.29. The van der Waals surface area contributed by atoms with E-state index in [1.807, 2.05) is 18.5 Å². The fourth-order valence-corrected chi connectivity index (χ4v) is 3.65. The van der Waals surface area contributed by atoms with Crippen molar-refractivity contribution in [2.24, 2.45) is 12.0 Å². The lowest BCUT2D eigenvalue weighted by Crippen LogP contribution is -2.42. The highest BCUT2D eigenvalue weighted by molar-refractivity contribution is 5.79. The average Bonchev–Trinajstić information content (AvgIpc) is 3.47. The Labute approximate surface area is 171 Å². The van der Waals surface area contributed by atoms with E-state index in [0.29, 0.717) is 6.54 Å². The quantitative estimate of drug-likeness (QED) is 0.543. The van der Waals surface area contributed by atoms with Gasteiger partial charge in [0.25, 0.3) is 0 Å². The number of fused-ring (bicyclic) bond motifs is 1. The highest BCUT2D eigenvalue weighted by Gasteiger charge is 2.16. The largest absolute Gasteiger partial charge is 0.493 e. The lowest BCUT2D eigenvalue weighted by Gasteiger charge is -2.16. The van der Waals surface area contributed by atoms with Crippen molar-refractivity contribution in [3.8, 4) is 5.75 Å². The minimum absolute atomic E-state index is 0.260. The summed E-state index contributed by atoms with van der Waals surface area (Å²) in [6.07, 6.45) is 4.42. The van der Waals surface area contributed by atoms with Crippen molar-refractivity contribution in [1.29, 1.82) is 0 Å². The van der Waals surface area contributed by atoms with Crippen molar-refractivity contribution in [3.63, 3.8) is 0 Å². The van der Waals surface area contributed by atoms with E-state index in [-0.39, 0.29) is 6.10 Å². The number of aromatic nitrogens is 3. The Morgan fingerprint density at radius 2 is 2.21 bits per heavy atom. The molecule has 1 atom stereocenters. The molecule has 0 amide bonds. The molecule has 2 N–H and O–H groups in total. The van der Waals surface area contributed by atoms with E-state index < -0.39 is 0 Å². The van der Waals surface area contributed by atoms with E-state index in [1.165, 1.54) is 11.1 Å². The third-order valence-electron chi connectivity index (χ3n) is 5.54. The molecule has 2 aliphatic rings. The fraction of sp³-hybridized carbons (Fsp3) is 0.571. The molecule has 0 spiro atoms. The lowest BCUT2D eigenvalue weighted by atomic mass is 10.1. The Morgan fingerprint density at radius 3 is 3.00 bits per heavy atom. The van der Waals surface area contributed by atoms with Crippen molar-refractivity contribution in [1.82, 2.24) is 25.4 Å². The van der Waals surface area contributed by atoms with Crippen LogP contribution in [0.5, 0.6) is 5.75 Å². The minimum atomic E-state index is 0.260. The molecule has 0 bridgehead atoms. The SMILES string of the molecule is Cc1nnc(CN=C(NCCc2ccc3c(c2)CCO3)NCC2CCCO2)n1C. The first-order valence-corrected chi connectivity index (χ1v) is 10.4. The first-order valence-electron chi connectivity index (χ1n) is 10.4. The molecule has 1 aromatic heterocycles. The summed E-state index contributed by atoms with van der Waals surface area (Å²) in [6, 6.07) is 6.48. The summed E-state index contributed by atoms with van der Waals surface area (Å²) in [5, 5.41) is 15.2. The number of rotatable bonds is 7. The van der Waals surface area contributed by atoms with Gasteiger partial charge in [-0.3, -0.25) is 0 Å². The molecule has 4 rings (SSSR count). The maximum Gasteiger partial charge on any atom is 0.191 e. The molecule has 0 saturated carbocycles. The van der Waals surface area contributed by atoms with Crippen molar-refractivity contribution in [2.75, 3.05) is 26.3 Å². The van der Waals surface area contributed by atoms with Gasteiger partial charge in [-0.25, -0.2) is 4.99 Å². The van der Waals surface area contributed by atoms with Gasteiger partial charge in [-0.05, 0) is 43.4 Å². The molecule has 0 radical (unpaired) electrons. The van der Waals surface area contributed by atoms with Crippen LogP contribution >= 0.6 is 0 Å². The van der Waals surface area contributed by atoms with Crippen LogP contribution in [0.4, 0.5) is 0 Å². The molecule has 1 fully saturated rings. The molecule has 29 heavy (non-hydrogen) atoms. The molecule has 0 aliphatic carbocycles. The van der Waals surface area contributed by atoms with Crippen LogP contribution in [0.25, 0.3) is 0 Å². The second-order valence-electron chi connectivity index (χ2n) is 7.62. The molecule has 1 unspecified atom stereocenters. The van der Waals surface area contributed by atoms with Crippen LogP contribution in [0.3, 0.4) is 0 Å². The Morgan fingerprint density at radius 1 is 1.28 bits per heavy atom. The van der Waals surface area contributed by atoms with Gasteiger partial charge in [0.15, 0.2) is 11.8 Å². The van der Waals surface area contributed by atoms with Gasteiger partial charge in [0, 0.05) is 33.2 Å². The topological polar surface area (TPSA) is 85.6 Å². The summed E-state index contributed by atoms with van der Waals surface area (Å²) in [5.41, 5.74) is 2.62. The number of ether oxygens (including phenoxy) is 2. The summed E-state index contributed by atoms with van der Waals surface area (Å²) in [5.74, 6) is 3.55. The zero-order valence-corrected chi connectivity index (χ0v) is 17.3. The van der Waals surface area contributed by atoms with Gasteiger partial charge < -0.3 is 24.7 Å². The standard InChI is InChI=1S/C21H30N6O2/c1-15-25-26-20(27(15)2)14-24-21(23-13-18-4-3-10-28-18)22-9-7-16-5-6-19-17(12-16)8-11-29-19/h5-6,12,18H,3-4,7-11,13-14H2,1-2H3,(H2,22,23,24). The van der Waals surface area contributed by atoms with Crippen molar-refractivity contribution < 1.29 is 9.47 Å². The molecular weight excluding hydrogens is 368 g/mol. The molecule has 156 valence electrons. The molecule has 8 heteroatoms. The lowest BCUT2D eigenvalue weighted by molar-refractivity contribution is 0.114. The van der Waals surface area contributed by atoms with Gasteiger partial charge >= 0.3 is 0 Å². The monoisotopic (exact) mass is 398 g/mol. The highest BCUT2D eigenvalue weighted by Crippen LogP contribution is 2.25. The first kappa shape index (κ1) is 19.7. The van der Waals surface area contributed by atoms with Crippen LogP contribution in [0, 0.1) is 6.92 Å². The highest BCUT2D eigenvalue weighted by atomic mass is 16.5. The molecule has 2 aromatic rings. The second kappa shape index (κ2) is 9.26. The van der Waals surface area contributed by atoms with Crippen molar-refractivity contribution >= 4 is 5.96 Å². The number of hydrogen-bond acceptors (Lipinski definition) is 5. The van der Waals surface area contributed by atoms with E-state index in [1.54, 1.807) is 0 Å². The van der Waals surface area contributed by atoms with Crippen molar-refractivity contribution in [3.05, 3.63) is 41.0 Å². The summed E-state index contributed by atoms with van der Waals surface area (Å²) in [4.78, 5) is 4.71. The van der Waals surface area contributed by atoms with Crippen LogP contribution in [0.1, 0.15) is 35.6 Å². The molecule has 3 heterocycles. The Hall–Kier alpha value is -2.61. The number of aryl methyl sites for hydroxylation is 1. The third-order valence-corrected chi connectivity index (χ3v) is 5.54. The number of benzene rings is 1. The van der Waals surface area contributed by atoms with E-state index in [2.05, 4.69) is 39.0 Å². The van der Waals surface area contributed by atoms with Crippen LogP contribution in [-0.2, 0) is 31.2 Å². The third kappa shape index (κ3) is 5.06. The maximum absolute atomic E-state index is 5.72. The number of guanidine groups is 1. The van der Waals surface area contributed by atoms with Crippen LogP contribution < -0.4 is 15.4 Å². The van der Waals surface area contributed by atoms with E-state index in [4.69, 9.17) is 14.5 Å². The molecule has 1 saturated heterocycles. The van der Waals surface area contributed by atoms with E-state index in [0.717, 1.165) is 75.3 Å². The fourth-order valence-electron chi connectivity index (χ4n) is 3.65. The van der Waals surface area contributed by atoms with Crippen molar-refractivity contribution in [2.45, 2.75) is 45.3 Å². The van der Waals surface area contributed by atoms with Gasteiger partial charge in [-0.2, -0.15) is 0 Å². The second-order valence-corrected chi connectivity index (χ2v) is 7.62. The number of aliphatic imine (C=N–C) groups is 1. The molecule has 1 aromatic carbocycles. The van der Waals surface area contributed by atoms with Gasteiger partial charge in [0.1, 0.15) is 18.1 Å². The van der Waals surface area contributed by atoms with Gasteiger partial charge in [0.2, 0.25) is 0 Å².